The van der Waals surface area contributed by atoms with Crippen molar-refractivity contribution in [2.75, 3.05) is 5.73 Å². The fourth-order valence-corrected chi connectivity index (χ4v) is 5.04. The van der Waals surface area contributed by atoms with E-state index >= 15 is 0 Å². The van der Waals surface area contributed by atoms with Gasteiger partial charge in [0, 0.05) is 18.3 Å². The van der Waals surface area contributed by atoms with Crippen molar-refractivity contribution in [2.45, 2.75) is 57.4 Å². The first-order valence-corrected chi connectivity index (χ1v) is 8.76. The number of hydrogen-bond acceptors (Lipinski definition) is 3. The molecule has 4 nitrogen and oxygen atoms in total. The summed E-state index contributed by atoms with van der Waals surface area (Å²) in [6, 6.07) is 7.41. The highest BCUT2D eigenvalue weighted by Gasteiger charge is 2.35. The van der Waals surface area contributed by atoms with Gasteiger partial charge >= 0.3 is 0 Å². The summed E-state index contributed by atoms with van der Waals surface area (Å²) >= 11 is 0. The van der Waals surface area contributed by atoms with Crippen LogP contribution in [0.1, 0.15) is 45.1 Å². The zero-order chi connectivity index (χ0) is 14.8. The summed E-state index contributed by atoms with van der Waals surface area (Å²) in [5.41, 5.74) is 7.39. The first-order valence-electron chi connectivity index (χ1n) is 7.26. The molecule has 112 valence electrons. The number of nitrogens with two attached hydrogens (primary N) is 1. The Hall–Kier alpha value is -1.07. The zero-order valence-electron chi connectivity index (χ0n) is 12.2. The second kappa shape index (κ2) is 6.14. The topological polar surface area (TPSA) is 63.4 Å². The Morgan fingerprint density at radius 1 is 1.30 bits per heavy atom. The maximum atomic E-state index is 12.8. The monoisotopic (exact) mass is 296 g/mol. The molecule has 0 spiro atoms. The first-order chi connectivity index (χ1) is 9.41. The van der Waals surface area contributed by atoms with Crippen LogP contribution in [0, 0.1) is 0 Å². The standard InChI is InChI=1S/C15H24N2O2S/c1-12(2)17(11-13-6-5-7-14(16)10-13)20(18,19)15-8-3-4-9-15/h5-7,10,12,15H,3-4,8-9,11,16H2,1-2H3. The Kier molecular flexibility index (Phi) is 4.70. The molecule has 20 heavy (non-hydrogen) atoms. The summed E-state index contributed by atoms with van der Waals surface area (Å²) in [6.45, 7) is 4.26. The summed E-state index contributed by atoms with van der Waals surface area (Å²) in [4.78, 5) is 0. The second-order valence-electron chi connectivity index (χ2n) is 5.84. The van der Waals surface area contributed by atoms with Crippen molar-refractivity contribution < 1.29 is 8.42 Å². The van der Waals surface area contributed by atoms with E-state index in [0.29, 0.717) is 12.2 Å². The molecule has 0 amide bonds. The predicted octanol–water partition coefficient (Wildman–Crippen LogP) is 2.75. The van der Waals surface area contributed by atoms with Crippen molar-refractivity contribution in [3.63, 3.8) is 0 Å². The number of benzene rings is 1. The van der Waals surface area contributed by atoms with Crippen molar-refractivity contribution >= 4 is 15.7 Å². The Balaban J connectivity index is 2.23. The molecule has 0 heterocycles. The van der Waals surface area contributed by atoms with Gasteiger partial charge in [-0.3, -0.25) is 0 Å². The highest BCUT2D eigenvalue weighted by atomic mass is 32.2. The van der Waals surface area contributed by atoms with E-state index < -0.39 is 10.0 Å². The normalized spacial score (nSPS) is 17.2. The van der Waals surface area contributed by atoms with E-state index in [9.17, 15) is 8.42 Å². The summed E-state index contributed by atoms with van der Waals surface area (Å²) in [6.07, 6.45) is 3.63. The molecule has 0 unspecified atom stereocenters. The van der Waals surface area contributed by atoms with Crippen LogP contribution in [-0.4, -0.2) is 24.0 Å². The Labute approximate surface area is 122 Å². The van der Waals surface area contributed by atoms with E-state index in [1.165, 1.54) is 0 Å². The van der Waals surface area contributed by atoms with Gasteiger partial charge in [-0.15, -0.1) is 0 Å². The summed E-state index contributed by atoms with van der Waals surface area (Å²) < 4.78 is 27.1. The maximum absolute atomic E-state index is 12.8. The van der Waals surface area contributed by atoms with Gasteiger partial charge in [0.05, 0.1) is 5.25 Å². The molecule has 0 aliphatic heterocycles. The van der Waals surface area contributed by atoms with Crippen LogP contribution in [-0.2, 0) is 16.6 Å². The fraction of sp³-hybridized carbons (Fsp3) is 0.600. The van der Waals surface area contributed by atoms with Gasteiger partial charge < -0.3 is 5.73 Å². The molecule has 1 aromatic rings. The molecule has 0 bridgehead atoms. The van der Waals surface area contributed by atoms with Gasteiger partial charge in [-0.2, -0.15) is 4.31 Å². The van der Waals surface area contributed by atoms with Crippen molar-refractivity contribution in [3.8, 4) is 0 Å². The van der Waals surface area contributed by atoms with E-state index in [-0.39, 0.29) is 11.3 Å². The molecule has 1 fully saturated rings. The number of nitrogen functional groups attached to an aromatic ring is 1. The van der Waals surface area contributed by atoms with E-state index in [2.05, 4.69) is 0 Å². The van der Waals surface area contributed by atoms with E-state index in [1.807, 2.05) is 38.1 Å². The summed E-state index contributed by atoms with van der Waals surface area (Å²) in [7, 11) is -3.22. The molecule has 1 aliphatic rings. The lowest BCUT2D eigenvalue weighted by atomic mass is 10.2. The van der Waals surface area contributed by atoms with E-state index in [1.54, 1.807) is 4.31 Å². The third-order valence-electron chi connectivity index (χ3n) is 3.92. The van der Waals surface area contributed by atoms with Crippen LogP contribution < -0.4 is 5.73 Å². The third-order valence-corrected chi connectivity index (χ3v) is 6.43. The molecular weight excluding hydrogens is 272 g/mol. The lowest BCUT2D eigenvalue weighted by Crippen LogP contribution is -2.41. The van der Waals surface area contributed by atoms with Crippen molar-refractivity contribution in [1.29, 1.82) is 0 Å². The molecule has 0 saturated heterocycles. The minimum Gasteiger partial charge on any atom is -0.399 e. The Bertz CT molecular complexity index is 549. The van der Waals surface area contributed by atoms with Gasteiger partial charge in [0.15, 0.2) is 0 Å². The van der Waals surface area contributed by atoms with E-state index in [0.717, 1.165) is 31.2 Å². The van der Waals surface area contributed by atoms with Crippen LogP contribution in [0.15, 0.2) is 24.3 Å². The van der Waals surface area contributed by atoms with Crippen molar-refractivity contribution in [2.24, 2.45) is 0 Å². The molecule has 1 saturated carbocycles. The minimum absolute atomic E-state index is 0.0398. The highest BCUT2D eigenvalue weighted by Crippen LogP contribution is 2.29. The van der Waals surface area contributed by atoms with Crippen molar-refractivity contribution in [1.82, 2.24) is 4.31 Å². The van der Waals surface area contributed by atoms with Crippen molar-refractivity contribution in [3.05, 3.63) is 29.8 Å². The Morgan fingerprint density at radius 2 is 1.95 bits per heavy atom. The lowest BCUT2D eigenvalue weighted by Gasteiger charge is -2.29. The average molecular weight is 296 g/mol. The molecule has 2 N–H and O–H groups in total. The molecule has 5 heteroatoms. The average Bonchev–Trinajstić information content (AvgIpc) is 2.90. The lowest BCUT2D eigenvalue weighted by molar-refractivity contribution is 0.342. The molecule has 0 atom stereocenters. The number of nitrogens with zero attached hydrogens (tertiary/aromatic N) is 1. The summed E-state index contributed by atoms with van der Waals surface area (Å²) in [5.74, 6) is 0. The molecule has 0 radical (unpaired) electrons. The van der Waals surface area contributed by atoms with E-state index in [4.69, 9.17) is 5.73 Å². The smallest absolute Gasteiger partial charge is 0.217 e. The zero-order valence-corrected chi connectivity index (χ0v) is 13.1. The first kappa shape index (κ1) is 15.3. The van der Waals surface area contributed by atoms with Gasteiger partial charge in [-0.25, -0.2) is 8.42 Å². The minimum atomic E-state index is -3.22. The largest absolute Gasteiger partial charge is 0.399 e. The van der Waals surface area contributed by atoms with Gasteiger partial charge in [0.25, 0.3) is 0 Å². The quantitative estimate of drug-likeness (QED) is 0.850. The van der Waals surface area contributed by atoms with Crippen LogP contribution in [0.25, 0.3) is 0 Å². The highest BCUT2D eigenvalue weighted by molar-refractivity contribution is 7.89. The predicted molar refractivity (Wildman–Crippen MR) is 82.7 cm³/mol. The maximum Gasteiger partial charge on any atom is 0.217 e. The fourth-order valence-electron chi connectivity index (χ4n) is 2.82. The van der Waals surface area contributed by atoms with Gasteiger partial charge in [-0.05, 0) is 44.4 Å². The Morgan fingerprint density at radius 3 is 2.50 bits per heavy atom. The van der Waals surface area contributed by atoms with Crippen LogP contribution in [0.5, 0.6) is 0 Å². The number of rotatable bonds is 5. The molecular formula is C15H24N2O2S. The summed E-state index contributed by atoms with van der Waals surface area (Å²) in [5, 5.41) is -0.203. The molecule has 1 aromatic carbocycles. The third kappa shape index (κ3) is 3.33. The number of sulfonamides is 1. The molecule has 1 aliphatic carbocycles. The van der Waals surface area contributed by atoms with Crippen LogP contribution in [0.2, 0.25) is 0 Å². The SMILES string of the molecule is CC(C)N(Cc1cccc(N)c1)S(=O)(=O)C1CCCC1. The molecule has 2 rings (SSSR count). The van der Waals surface area contributed by atoms with Gasteiger partial charge in [0.1, 0.15) is 0 Å². The van der Waals surface area contributed by atoms with Gasteiger partial charge in [0.2, 0.25) is 10.0 Å². The van der Waals surface area contributed by atoms with Crippen LogP contribution >= 0.6 is 0 Å². The molecule has 0 aromatic heterocycles. The number of anilines is 1. The van der Waals surface area contributed by atoms with Crippen LogP contribution in [0.3, 0.4) is 0 Å². The number of hydrogen-bond donors (Lipinski definition) is 1. The van der Waals surface area contributed by atoms with Crippen LogP contribution in [0.4, 0.5) is 5.69 Å². The van der Waals surface area contributed by atoms with Gasteiger partial charge in [-0.1, -0.05) is 25.0 Å². The second-order valence-corrected chi connectivity index (χ2v) is 8.00.